The van der Waals surface area contributed by atoms with E-state index in [0.29, 0.717) is 49.4 Å². The van der Waals surface area contributed by atoms with E-state index in [9.17, 15) is 4.79 Å². The van der Waals surface area contributed by atoms with Crippen molar-refractivity contribution in [1.29, 1.82) is 0 Å². The molecule has 192 valence electrons. The van der Waals surface area contributed by atoms with Crippen molar-refractivity contribution < 1.29 is 28.5 Å². The van der Waals surface area contributed by atoms with E-state index in [-0.39, 0.29) is 12.4 Å². The third-order valence-electron chi connectivity index (χ3n) is 5.54. The Balaban J connectivity index is 1.96. The molecule has 0 saturated heterocycles. The Bertz CT molecular complexity index is 1040. The fourth-order valence-electron chi connectivity index (χ4n) is 3.69. The molecule has 3 aromatic rings. The number of carbonyl (C=O) groups is 1. The molecule has 3 rings (SSSR count). The highest BCUT2D eigenvalue weighted by molar-refractivity contribution is 5.70. The maximum absolute atomic E-state index is 11.9. The van der Waals surface area contributed by atoms with Crippen molar-refractivity contribution in [3.05, 3.63) is 65.2 Å². The molecule has 0 fully saturated rings. The highest BCUT2D eigenvalue weighted by Crippen LogP contribution is 2.31. The summed E-state index contributed by atoms with van der Waals surface area (Å²) in [6.45, 7) is 3.17. The average Bonchev–Trinajstić information content (AvgIpc) is 2.92. The summed E-state index contributed by atoms with van der Waals surface area (Å²) in [4.78, 5) is 23.3. The summed E-state index contributed by atoms with van der Waals surface area (Å²) in [5.74, 6) is 2.42. The van der Waals surface area contributed by atoms with E-state index in [1.54, 1.807) is 21.1 Å². The maximum Gasteiger partial charge on any atom is 0.306 e. The van der Waals surface area contributed by atoms with Crippen LogP contribution in [0, 0.1) is 0 Å². The minimum atomic E-state index is -0.300. The largest absolute Gasteiger partial charge is 0.497 e. The minimum Gasteiger partial charge on any atom is -0.497 e. The van der Waals surface area contributed by atoms with Gasteiger partial charge < -0.3 is 28.6 Å². The molecule has 1 aromatic heterocycles. The van der Waals surface area contributed by atoms with Gasteiger partial charge in [0.25, 0.3) is 0 Å². The van der Waals surface area contributed by atoms with Gasteiger partial charge in [-0.05, 0) is 48.7 Å². The Hall–Kier alpha value is -4.01. The first kappa shape index (κ1) is 26.6. The molecule has 0 amide bonds. The molecule has 1 heterocycles. The monoisotopic (exact) mass is 495 g/mol. The summed E-state index contributed by atoms with van der Waals surface area (Å²) in [6, 6.07) is 15.7. The van der Waals surface area contributed by atoms with Gasteiger partial charge in [-0.3, -0.25) is 4.79 Å². The van der Waals surface area contributed by atoms with Crippen molar-refractivity contribution >= 4 is 11.9 Å². The van der Waals surface area contributed by atoms with Crippen LogP contribution in [0.3, 0.4) is 0 Å². The summed E-state index contributed by atoms with van der Waals surface area (Å²) in [7, 11) is 6.36. The molecule has 0 atom stereocenters. The standard InChI is InChI=1S/C27H33N3O6/c1-6-36-24(31)16-15-23-25(34-4)28-27(29-26(23)35-5)30(17-19-7-11-21(32-2)12-8-19)18-20-9-13-22(33-3)14-10-20/h7-14H,6,15-18H2,1-5H3. The van der Waals surface area contributed by atoms with Gasteiger partial charge in [-0.1, -0.05) is 24.3 Å². The average molecular weight is 496 g/mol. The molecule has 0 saturated carbocycles. The lowest BCUT2D eigenvalue weighted by Crippen LogP contribution is -2.25. The lowest BCUT2D eigenvalue weighted by molar-refractivity contribution is -0.143. The normalized spacial score (nSPS) is 10.5. The van der Waals surface area contributed by atoms with Crippen LogP contribution in [0.2, 0.25) is 0 Å². The lowest BCUT2D eigenvalue weighted by Gasteiger charge is -2.25. The first-order valence-corrected chi connectivity index (χ1v) is 11.7. The fourth-order valence-corrected chi connectivity index (χ4v) is 3.69. The minimum absolute atomic E-state index is 0.171. The number of methoxy groups -OCH3 is 4. The quantitative estimate of drug-likeness (QED) is 0.323. The van der Waals surface area contributed by atoms with Crippen LogP contribution in [0.5, 0.6) is 23.3 Å². The van der Waals surface area contributed by atoms with Gasteiger partial charge in [0, 0.05) is 19.5 Å². The van der Waals surface area contributed by atoms with Crippen molar-refractivity contribution in [1.82, 2.24) is 9.97 Å². The second-order valence-corrected chi connectivity index (χ2v) is 7.88. The third-order valence-corrected chi connectivity index (χ3v) is 5.54. The van der Waals surface area contributed by atoms with Gasteiger partial charge in [0.1, 0.15) is 11.5 Å². The molecule has 9 nitrogen and oxygen atoms in total. The Kier molecular flexibility index (Phi) is 9.73. The molecule has 36 heavy (non-hydrogen) atoms. The van der Waals surface area contributed by atoms with Crippen LogP contribution in [0.4, 0.5) is 5.95 Å². The molecule has 2 aromatic carbocycles. The first-order valence-electron chi connectivity index (χ1n) is 11.7. The van der Waals surface area contributed by atoms with E-state index >= 15 is 0 Å². The second kappa shape index (κ2) is 13.2. The Morgan fingerprint density at radius 3 is 1.61 bits per heavy atom. The molecule has 0 spiro atoms. The SMILES string of the molecule is CCOC(=O)CCc1c(OC)nc(N(Cc2ccc(OC)cc2)Cc2ccc(OC)cc2)nc1OC. The van der Waals surface area contributed by atoms with Crippen LogP contribution in [0.15, 0.2) is 48.5 Å². The maximum atomic E-state index is 11.9. The van der Waals surface area contributed by atoms with Gasteiger partial charge in [0.05, 0.1) is 40.6 Å². The topological polar surface area (TPSA) is 92.2 Å². The van der Waals surface area contributed by atoms with Crippen molar-refractivity contribution in [2.45, 2.75) is 32.9 Å². The molecule has 0 aliphatic heterocycles. The fraction of sp³-hybridized carbons (Fsp3) is 0.370. The number of carbonyl (C=O) groups excluding carboxylic acids is 1. The number of nitrogens with zero attached hydrogens (tertiary/aromatic N) is 3. The molecule has 0 N–H and O–H groups in total. The molecule has 0 unspecified atom stereocenters. The van der Waals surface area contributed by atoms with Crippen molar-refractivity contribution in [3.63, 3.8) is 0 Å². The number of benzene rings is 2. The summed E-state index contributed by atoms with van der Waals surface area (Å²) in [5.41, 5.74) is 2.72. The van der Waals surface area contributed by atoms with E-state index in [1.165, 1.54) is 14.2 Å². The van der Waals surface area contributed by atoms with Crippen LogP contribution >= 0.6 is 0 Å². The molecule has 0 aliphatic carbocycles. The zero-order valence-electron chi connectivity index (χ0n) is 21.4. The lowest BCUT2D eigenvalue weighted by atomic mass is 10.1. The summed E-state index contributed by atoms with van der Waals surface area (Å²) >= 11 is 0. The van der Waals surface area contributed by atoms with E-state index in [0.717, 1.165) is 22.6 Å². The Morgan fingerprint density at radius 1 is 0.750 bits per heavy atom. The Morgan fingerprint density at radius 2 is 1.22 bits per heavy atom. The number of esters is 1. The number of rotatable bonds is 13. The highest BCUT2D eigenvalue weighted by atomic mass is 16.5. The van der Waals surface area contributed by atoms with Crippen LogP contribution < -0.4 is 23.8 Å². The first-order chi connectivity index (χ1) is 17.5. The van der Waals surface area contributed by atoms with Gasteiger partial charge in [-0.25, -0.2) is 0 Å². The number of aromatic nitrogens is 2. The number of hydrogen-bond acceptors (Lipinski definition) is 9. The zero-order chi connectivity index (χ0) is 25.9. The van der Waals surface area contributed by atoms with Crippen LogP contribution in [0.1, 0.15) is 30.0 Å². The van der Waals surface area contributed by atoms with E-state index in [2.05, 4.69) is 0 Å². The van der Waals surface area contributed by atoms with Gasteiger partial charge in [-0.2, -0.15) is 9.97 Å². The molecular formula is C27H33N3O6. The van der Waals surface area contributed by atoms with Gasteiger partial charge in [-0.15, -0.1) is 0 Å². The number of anilines is 1. The molecule has 0 radical (unpaired) electrons. The number of hydrogen-bond donors (Lipinski definition) is 0. The van der Waals surface area contributed by atoms with E-state index < -0.39 is 0 Å². The van der Waals surface area contributed by atoms with Crippen molar-refractivity contribution in [3.8, 4) is 23.3 Å². The number of ether oxygens (including phenoxy) is 5. The van der Waals surface area contributed by atoms with Gasteiger partial charge in [0.15, 0.2) is 0 Å². The Labute approximate surface area is 211 Å². The van der Waals surface area contributed by atoms with Crippen LogP contribution in [0.25, 0.3) is 0 Å². The second-order valence-electron chi connectivity index (χ2n) is 7.88. The van der Waals surface area contributed by atoms with E-state index in [4.69, 9.17) is 33.7 Å². The third kappa shape index (κ3) is 7.00. The molecule has 0 bridgehead atoms. The van der Waals surface area contributed by atoms with E-state index in [1.807, 2.05) is 53.4 Å². The summed E-state index contributed by atoms with van der Waals surface area (Å²) in [6.07, 6.45) is 0.507. The predicted molar refractivity (Wildman–Crippen MR) is 136 cm³/mol. The smallest absolute Gasteiger partial charge is 0.306 e. The van der Waals surface area contributed by atoms with Gasteiger partial charge in [0.2, 0.25) is 17.7 Å². The molecule has 0 aliphatic rings. The van der Waals surface area contributed by atoms with Gasteiger partial charge >= 0.3 is 5.97 Å². The van der Waals surface area contributed by atoms with Crippen molar-refractivity contribution in [2.75, 3.05) is 39.9 Å². The van der Waals surface area contributed by atoms with Crippen molar-refractivity contribution in [2.24, 2.45) is 0 Å². The van der Waals surface area contributed by atoms with Crippen LogP contribution in [-0.4, -0.2) is 51.0 Å². The predicted octanol–water partition coefficient (Wildman–Crippen LogP) is 4.21. The summed E-state index contributed by atoms with van der Waals surface area (Å²) in [5, 5.41) is 0. The summed E-state index contributed by atoms with van der Waals surface area (Å²) < 4.78 is 26.8. The zero-order valence-corrected chi connectivity index (χ0v) is 21.4. The molecule has 9 heteroatoms. The highest BCUT2D eigenvalue weighted by Gasteiger charge is 2.21. The molecular weight excluding hydrogens is 462 g/mol. The van der Waals surface area contributed by atoms with Crippen LogP contribution in [-0.2, 0) is 29.0 Å².